The topological polar surface area (TPSA) is 52.6 Å². The van der Waals surface area contributed by atoms with Crippen LogP contribution >= 0.6 is 0 Å². The molecule has 0 aromatic heterocycles. The SMILES string of the molecule is CN(C)c1cc(N2CCNCC2)ccc1S(=O)(=O)c1ccccc1. The highest BCUT2D eigenvalue weighted by atomic mass is 32.2. The van der Waals surface area contributed by atoms with Crippen molar-refractivity contribution in [2.45, 2.75) is 9.79 Å². The zero-order chi connectivity index (χ0) is 17.2. The first kappa shape index (κ1) is 16.8. The molecule has 1 N–H and O–H groups in total. The monoisotopic (exact) mass is 345 g/mol. The Morgan fingerprint density at radius 3 is 2.29 bits per heavy atom. The molecule has 1 aliphatic rings. The van der Waals surface area contributed by atoms with E-state index in [0.29, 0.717) is 9.79 Å². The Bertz CT molecular complexity index is 798. The first-order valence-corrected chi connectivity index (χ1v) is 9.55. The van der Waals surface area contributed by atoms with Crippen molar-refractivity contribution in [3.8, 4) is 0 Å². The van der Waals surface area contributed by atoms with E-state index in [1.54, 1.807) is 30.3 Å². The number of hydrogen-bond acceptors (Lipinski definition) is 5. The van der Waals surface area contributed by atoms with Crippen LogP contribution in [0.5, 0.6) is 0 Å². The molecule has 0 saturated carbocycles. The van der Waals surface area contributed by atoms with E-state index in [0.717, 1.165) is 37.6 Å². The van der Waals surface area contributed by atoms with E-state index in [4.69, 9.17) is 0 Å². The maximum atomic E-state index is 13.0. The van der Waals surface area contributed by atoms with Gasteiger partial charge in [0, 0.05) is 46.0 Å². The Morgan fingerprint density at radius 2 is 1.67 bits per heavy atom. The van der Waals surface area contributed by atoms with Gasteiger partial charge in [-0.25, -0.2) is 8.42 Å². The van der Waals surface area contributed by atoms with Crippen LogP contribution in [0.1, 0.15) is 0 Å². The summed E-state index contributed by atoms with van der Waals surface area (Å²) in [5.41, 5.74) is 1.78. The fraction of sp³-hybridized carbons (Fsp3) is 0.333. The fourth-order valence-corrected chi connectivity index (χ4v) is 4.46. The largest absolute Gasteiger partial charge is 0.377 e. The molecule has 0 unspecified atom stereocenters. The van der Waals surface area contributed by atoms with Crippen molar-refractivity contribution >= 4 is 21.2 Å². The molecule has 5 nitrogen and oxygen atoms in total. The molecule has 24 heavy (non-hydrogen) atoms. The van der Waals surface area contributed by atoms with Gasteiger partial charge in [0.05, 0.1) is 15.5 Å². The predicted octanol–water partition coefficient (Wildman–Crippen LogP) is 1.99. The van der Waals surface area contributed by atoms with Crippen molar-refractivity contribution in [2.24, 2.45) is 0 Å². The Kier molecular flexibility index (Phi) is 4.78. The zero-order valence-electron chi connectivity index (χ0n) is 14.1. The average Bonchev–Trinajstić information content (AvgIpc) is 2.62. The number of nitrogens with zero attached hydrogens (tertiary/aromatic N) is 2. The predicted molar refractivity (Wildman–Crippen MR) is 97.7 cm³/mol. The maximum absolute atomic E-state index is 13.0. The minimum atomic E-state index is -3.53. The molecule has 2 aromatic carbocycles. The molecule has 0 aliphatic carbocycles. The maximum Gasteiger partial charge on any atom is 0.208 e. The summed E-state index contributed by atoms with van der Waals surface area (Å²) in [4.78, 5) is 4.81. The minimum absolute atomic E-state index is 0.322. The minimum Gasteiger partial charge on any atom is -0.377 e. The lowest BCUT2D eigenvalue weighted by molar-refractivity contribution is 0.588. The third-order valence-electron chi connectivity index (χ3n) is 4.25. The van der Waals surface area contributed by atoms with Crippen LogP contribution < -0.4 is 15.1 Å². The lowest BCUT2D eigenvalue weighted by Crippen LogP contribution is -2.43. The summed E-state index contributed by atoms with van der Waals surface area (Å²) in [6.07, 6.45) is 0. The molecule has 128 valence electrons. The number of hydrogen-bond donors (Lipinski definition) is 1. The van der Waals surface area contributed by atoms with E-state index in [2.05, 4.69) is 10.2 Å². The van der Waals surface area contributed by atoms with Crippen LogP contribution in [-0.4, -0.2) is 48.7 Å². The summed E-state index contributed by atoms with van der Waals surface area (Å²) in [6, 6.07) is 14.2. The first-order valence-electron chi connectivity index (χ1n) is 8.07. The van der Waals surface area contributed by atoms with Crippen molar-refractivity contribution in [3.63, 3.8) is 0 Å². The van der Waals surface area contributed by atoms with Crippen LogP contribution in [0.25, 0.3) is 0 Å². The summed E-state index contributed by atoms with van der Waals surface area (Å²) < 4.78 is 26.0. The van der Waals surface area contributed by atoms with Crippen LogP contribution in [0, 0.1) is 0 Å². The van der Waals surface area contributed by atoms with Crippen molar-refractivity contribution in [1.82, 2.24) is 5.32 Å². The van der Waals surface area contributed by atoms with Gasteiger partial charge in [0.15, 0.2) is 0 Å². The van der Waals surface area contributed by atoms with Crippen LogP contribution in [-0.2, 0) is 9.84 Å². The molecule has 6 heteroatoms. The highest BCUT2D eigenvalue weighted by Gasteiger charge is 2.23. The van der Waals surface area contributed by atoms with Gasteiger partial charge in [-0.15, -0.1) is 0 Å². The molecule has 3 rings (SSSR count). The third-order valence-corrected chi connectivity index (χ3v) is 6.07. The van der Waals surface area contributed by atoms with Crippen LogP contribution in [0.15, 0.2) is 58.3 Å². The van der Waals surface area contributed by atoms with Crippen LogP contribution in [0.3, 0.4) is 0 Å². The molecule has 0 spiro atoms. The molecule has 2 aromatic rings. The van der Waals surface area contributed by atoms with E-state index < -0.39 is 9.84 Å². The molecule has 0 amide bonds. The van der Waals surface area contributed by atoms with E-state index in [1.807, 2.05) is 37.2 Å². The van der Waals surface area contributed by atoms with E-state index >= 15 is 0 Å². The summed E-state index contributed by atoms with van der Waals surface area (Å²) in [7, 11) is 0.217. The van der Waals surface area contributed by atoms with Crippen molar-refractivity contribution < 1.29 is 8.42 Å². The third kappa shape index (κ3) is 3.25. The van der Waals surface area contributed by atoms with E-state index in [1.165, 1.54) is 0 Å². The molecule has 1 heterocycles. The molecular weight excluding hydrogens is 322 g/mol. The van der Waals surface area contributed by atoms with E-state index in [-0.39, 0.29) is 0 Å². The number of piperazine rings is 1. The normalized spacial score (nSPS) is 15.3. The number of nitrogens with one attached hydrogen (secondary N) is 1. The highest BCUT2D eigenvalue weighted by molar-refractivity contribution is 7.91. The second kappa shape index (κ2) is 6.83. The van der Waals surface area contributed by atoms with Gasteiger partial charge in [-0.2, -0.15) is 0 Å². The van der Waals surface area contributed by atoms with Gasteiger partial charge in [-0.1, -0.05) is 18.2 Å². The Morgan fingerprint density at radius 1 is 1.00 bits per heavy atom. The molecular formula is C18H23N3O2S. The Hall–Kier alpha value is -2.05. The summed E-state index contributed by atoms with van der Waals surface area (Å²) >= 11 is 0. The standard InChI is InChI=1S/C18H23N3O2S/c1-20(2)17-14-15(21-12-10-19-11-13-21)8-9-18(17)24(22,23)16-6-4-3-5-7-16/h3-9,14,19H,10-13H2,1-2H3. The van der Waals surface area contributed by atoms with Gasteiger partial charge in [0.2, 0.25) is 9.84 Å². The average molecular weight is 345 g/mol. The van der Waals surface area contributed by atoms with Gasteiger partial charge in [0.25, 0.3) is 0 Å². The van der Waals surface area contributed by atoms with Crippen molar-refractivity contribution in [1.29, 1.82) is 0 Å². The quantitative estimate of drug-likeness (QED) is 0.918. The number of rotatable bonds is 4. The second-order valence-electron chi connectivity index (χ2n) is 6.10. The first-order chi connectivity index (χ1) is 11.5. The highest BCUT2D eigenvalue weighted by Crippen LogP contribution is 2.33. The summed E-state index contributed by atoms with van der Waals surface area (Å²) in [5, 5.41) is 3.33. The molecule has 0 bridgehead atoms. The van der Waals surface area contributed by atoms with Crippen LogP contribution in [0.4, 0.5) is 11.4 Å². The van der Waals surface area contributed by atoms with Crippen LogP contribution in [0.2, 0.25) is 0 Å². The Labute approximate surface area is 143 Å². The van der Waals surface area contributed by atoms with Gasteiger partial charge in [-0.3, -0.25) is 0 Å². The molecule has 1 fully saturated rings. The van der Waals surface area contributed by atoms with Gasteiger partial charge in [0.1, 0.15) is 0 Å². The molecule has 1 aliphatic heterocycles. The molecule has 0 radical (unpaired) electrons. The van der Waals surface area contributed by atoms with Gasteiger partial charge < -0.3 is 15.1 Å². The number of sulfone groups is 1. The summed E-state index contributed by atoms with van der Waals surface area (Å²) in [6.45, 7) is 3.75. The van der Waals surface area contributed by atoms with E-state index in [9.17, 15) is 8.42 Å². The summed E-state index contributed by atoms with van der Waals surface area (Å²) in [5.74, 6) is 0. The lowest BCUT2D eigenvalue weighted by atomic mass is 10.2. The smallest absolute Gasteiger partial charge is 0.208 e. The molecule has 0 atom stereocenters. The molecule has 1 saturated heterocycles. The number of anilines is 2. The Balaban J connectivity index is 2.05. The van der Waals surface area contributed by atoms with Crippen molar-refractivity contribution in [3.05, 3.63) is 48.5 Å². The number of benzene rings is 2. The fourth-order valence-electron chi connectivity index (χ4n) is 2.93. The van der Waals surface area contributed by atoms with Crippen molar-refractivity contribution in [2.75, 3.05) is 50.1 Å². The lowest BCUT2D eigenvalue weighted by Gasteiger charge is -2.30. The van der Waals surface area contributed by atoms with Gasteiger partial charge >= 0.3 is 0 Å². The van der Waals surface area contributed by atoms with Gasteiger partial charge in [-0.05, 0) is 30.3 Å². The second-order valence-corrected chi connectivity index (χ2v) is 8.02. The zero-order valence-corrected chi connectivity index (χ0v) is 14.9.